The van der Waals surface area contributed by atoms with Crippen molar-refractivity contribution in [3.63, 3.8) is 0 Å². The van der Waals surface area contributed by atoms with E-state index in [9.17, 15) is 0 Å². The maximum atomic E-state index is 6.68. The van der Waals surface area contributed by atoms with E-state index in [1.807, 2.05) is 23.5 Å². The summed E-state index contributed by atoms with van der Waals surface area (Å²) < 4.78 is 13.3. The van der Waals surface area contributed by atoms with E-state index in [0.717, 1.165) is 59.7 Å². The molecule has 0 saturated heterocycles. The lowest BCUT2D eigenvalue weighted by atomic mass is 9.29. The van der Waals surface area contributed by atoms with Crippen LogP contribution in [0, 0.1) is 0 Å². The van der Waals surface area contributed by atoms with Crippen LogP contribution in [0.5, 0.6) is 11.5 Å². The molecule has 43 heavy (non-hydrogen) atoms. The van der Waals surface area contributed by atoms with Crippen LogP contribution in [0.1, 0.15) is 35.1 Å². The average molecular weight is 597 g/mol. The average Bonchev–Trinajstić information content (AvgIpc) is 3.80. The summed E-state index contributed by atoms with van der Waals surface area (Å²) >= 11 is 3.70. The molecule has 0 fully saturated rings. The van der Waals surface area contributed by atoms with E-state index in [2.05, 4.69) is 101 Å². The minimum Gasteiger partial charge on any atom is -0.487 e. The summed E-state index contributed by atoms with van der Waals surface area (Å²) in [7, 11) is 0. The van der Waals surface area contributed by atoms with Gasteiger partial charge in [0, 0.05) is 47.0 Å². The minimum absolute atomic E-state index is 0.0247. The zero-order chi connectivity index (χ0) is 28.3. The zero-order valence-corrected chi connectivity index (χ0v) is 25.3. The van der Waals surface area contributed by atoms with E-state index in [1.165, 1.54) is 49.4 Å². The maximum Gasteiger partial charge on any atom is 0.230 e. The first-order valence-corrected chi connectivity index (χ1v) is 17.1. The molecule has 4 heterocycles. The van der Waals surface area contributed by atoms with Gasteiger partial charge in [0.25, 0.3) is 0 Å². The monoisotopic (exact) mass is 596 g/mol. The molecule has 2 aliphatic carbocycles. The Kier molecular flexibility index (Phi) is 6.29. The number of benzene rings is 3. The highest BCUT2D eigenvalue weighted by Gasteiger charge is 2.47. The molecule has 2 atom stereocenters. The first kappa shape index (κ1) is 25.8. The molecule has 0 amide bonds. The number of hydrogen-bond donors (Lipinski definition) is 0. The van der Waals surface area contributed by atoms with Crippen LogP contribution in [-0.4, -0.2) is 47.5 Å². The Morgan fingerprint density at radius 3 is 2.12 bits per heavy atom. The van der Waals surface area contributed by atoms with Gasteiger partial charge in [-0.2, -0.15) is 0 Å². The van der Waals surface area contributed by atoms with Crippen molar-refractivity contribution in [1.82, 2.24) is 0 Å². The number of allylic oxidation sites excluding steroid dienone is 5. The summed E-state index contributed by atoms with van der Waals surface area (Å²) in [6.45, 7) is 2.09. The largest absolute Gasteiger partial charge is 0.487 e. The molecule has 9 rings (SSSR count). The molecule has 0 spiro atoms. The number of ether oxygens (including phenoxy) is 2. The molecule has 4 nitrogen and oxygen atoms in total. The standard InChI is InChI=1S/C36H29BN2O2S2/c1-2-30-34-31(3-1)41-33-21-27(23-6-10-25(11-7-23)36-39-17-19-43-36)13-15-29(33)37(34)28-14-12-26(20-32(28)40-30)22-4-8-24(9-5-22)35-38-16-18-42-35/h1-12,14,20-21,28,32H,13,15-19H2. The van der Waals surface area contributed by atoms with Crippen molar-refractivity contribution in [2.24, 2.45) is 9.98 Å². The molecule has 6 aliphatic rings. The van der Waals surface area contributed by atoms with Gasteiger partial charge < -0.3 is 9.47 Å². The molecular formula is C36H29BN2O2S2. The number of hydrogen-bond acceptors (Lipinski definition) is 6. The van der Waals surface area contributed by atoms with E-state index < -0.39 is 0 Å². The summed E-state index contributed by atoms with van der Waals surface area (Å²) in [5.74, 6) is 5.29. The quantitative estimate of drug-likeness (QED) is 0.299. The van der Waals surface area contributed by atoms with Gasteiger partial charge in [-0.3, -0.25) is 9.98 Å². The van der Waals surface area contributed by atoms with Crippen LogP contribution in [0.25, 0.3) is 11.1 Å². The number of nitrogens with zero attached hydrogens (tertiary/aromatic N) is 2. The fourth-order valence-corrected chi connectivity index (χ4v) is 8.88. The van der Waals surface area contributed by atoms with Gasteiger partial charge in [-0.15, -0.1) is 23.5 Å². The Hall–Kier alpha value is -3.68. The van der Waals surface area contributed by atoms with E-state index in [1.54, 1.807) is 0 Å². The summed E-state index contributed by atoms with van der Waals surface area (Å²) in [5.41, 5.74) is 10.1. The van der Waals surface area contributed by atoms with Crippen molar-refractivity contribution < 1.29 is 9.47 Å². The van der Waals surface area contributed by atoms with Crippen LogP contribution < -0.4 is 14.9 Å². The molecule has 4 aliphatic heterocycles. The summed E-state index contributed by atoms with van der Waals surface area (Å²) in [5, 5.41) is 2.32. The van der Waals surface area contributed by atoms with Gasteiger partial charge in [0.2, 0.25) is 6.71 Å². The molecule has 3 aromatic rings. The molecule has 210 valence electrons. The van der Waals surface area contributed by atoms with E-state index in [0.29, 0.717) is 0 Å². The van der Waals surface area contributed by atoms with Crippen molar-refractivity contribution in [2.45, 2.75) is 24.8 Å². The fourth-order valence-electron chi connectivity index (χ4n) is 7.16. The third kappa shape index (κ3) is 4.47. The second-order valence-electron chi connectivity index (χ2n) is 11.7. The lowest BCUT2D eigenvalue weighted by molar-refractivity contribution is 0.245. The van der Waals surface area contributed by atoms with Crippen LogP contribution in [0.2, 0.25) is 5.82 Å². The van der Waals surface area contributed by atoms with Gasteiger partial charge in [0.15, 0.2) is 0 Å². The van der Waals surface area contributed by atoms with Crippen molar-refractivity contribution in [2.75, 3.05) is 24.6 Å². The third-order valence-electron chi connectivity index (χ3n) is 9.23. The molecule has 0 bridgehead atoms. The van der Waals surface area contributed by atoms with Crippen molar-refractivity contribution >= 4 is 56.9 Å². The first-order valence-electron chi connectivity index (χ1n) is 15.2. The van der Waals surface area contributed by atoms with E-state index in [-0.39, 0.29) is 18.6 Å². The lowest BCUT2D eigenvalue weighted by Gasteiger charge is -2.42. The van der Waals surface area contributed by atoms with Gasteiger partial charge in [0.1, 0.15) is 23.4 Å². The van der Waals surface area contributed by atoms with Crippen LogP contribution in [0.4, 0.5) is 0 Å². The van der Waals surface area contributed by atoms with Crippen LogP contribution in [0.3, 0.4) is 0 Å². The summed E-state index contributed by atoms with van der Waals surface area (Å²) in [6.07, 6.45) is 11.3. The zero-order valence-electron chi connectivity index (χ0n) is 23.7. The van der Waals surface area contributed by atoms with Gasteiger partial charge in [0.05, 0.1) is 10.1 Å². The predicted molar refractivity (Wildman–Crippen MR) is 183 cm³/mol. The molecular weight excluding hydrogens is 567 g/mol. The van der Waals surface area contributed by atoms with Crippen LogP contribution in [0.15, 0.2) is 112 Å². The van der Waals surface area contributed by atoms with Crippen LogP contribution >= 0.6 is 23.5 Å². The van der Waals surface area contributed by atoms with Gasteiger partial charge >= 0.3 is 0 Å². The minimum atomic E-state index is -0.0247. The Bertz CT molecular complexity index is 1840. The molecule has 2 unspecified atom stereocenters. The second-order valence-corrected chi connectivity index (χ2v) is 13.8. The third-order valence-corrected chi connectivity index (χ3v) is 11.3. The Morgan fingerprint density at radius 1 is 0.744 bits per heavy atom. The maximum absolute atomic E-state index is 6.68. The lowest BCUT2D eigenvalue weighted by Crippen LogP contribution is -2.51. The topological polar surface area (TPSA) is 43.2 Å². The number of aliphatic imine (C=N–C) groups is 2. The summed E-state index contributed by atoms with van der Waals surface area (Å²) in [6, 6.07) is 24.0. The van der Waals surface area contributed by atoms with E-state index in [4.69, 9.17) is 9.47 Å². The van der Waals surface area contributed by atoms with Crippen LogP contribution in [-0.2, 0) is 0 Å². The Morgan fingerprint density at radius 2 is 1.42 bits per heavy atom. The number of rotatable bonds is 4. The first-order chi connectivity index (χ1) is 21.3. The predicted octanol–water partition coefficient (Wildman–Crippen LogP) is 7.22. The van der Waals surface area contributed by atoms with Crippen molar-refractivity contribution in [3.8, 4) is 11.5 Å². The number of fused-ring (bicyclic) bond motifs is 3. The molecule has 0 aromatic heterocycles. The normalized spacial score (nSPS) is 23.3. The molecule has 3 aromatic carbocycles. The van der Waals surface area contributed by atoms with Gasteiger partial charge in [-0.1, -0.05) is 72.2 Å². The molecule has 7 heteroatoms. The van der Waals surface area contributed by atoms with Crippen molar-refractivity contribution in [3.05, 3.63) is 125 Å². The van der Waals surface area contributed by atoms with Crippen molar-refractivity contribution in [1.29, 1.82) is 0 Å². The van der Waals surface area contributed by atoms with Gasteiger partial charge in [-0.05, 0) is 59.4 Å². The van der Waals surface area contributed by atoms with E-state index >= 15 is 0 Å². The highest BCUT2D eigenvalue weighted by atomic mass is 32.2. The van der Waals surface area contributed by atoms with Gasteiger partial charge in [-0.25, -0.2) is 0 Å². The highest BCUT2D eigenvalue weighted by molar-refractivity contribution is 8.15. The highest BCUT2D eigenvalue weighted by Crippen LogP contribution is 2.46. The number of thioether (sulfide) groups is 2. The molecule has 0 N–H and O–H groups in total. The molecule has 0 saturated carbocycles. The Balaban J connectivity index is 1.03. The smallest absolute Gasteiger partial charge is 0.230 e. The summed E-state index contributed by atoms with van der Waals surface area (Å²) in [4.78, 5) is 9.27. The Labute approximate surface area is 260 Å². The fraction of sp³-hybridized carbons (Fsp3) is 0.222. The SMILES string of the molecule is C1=CC2B3C4=C(C=C(c5ccc(C6=NCCS6)cc5)CC4)Oc4cccc(c43)OC2C=C1c1ccc(C2=NCCS2)cc1. The molecule has 0 radical (unpaired) electrons. The second kappa shape index (κ2) is 10.5.